The van der Waals surface area contributed by atoms with E-state index in [1.54, 1.807) is 18.4 Å². The summed E-state index contributed by atoms with van der Waals surface area (Å²) in [6.07, 6.45) is 2.45. The van der Waals surface area contributed by atoms with Gasteiger partial charge >= 0.3 is 0 Å². The first-order valence-corrected chi connectivity index (χ1v) is 6.29. The first-order chi connectivity index (χ1) is 6.81. The summed E-state index contributed by atoms with van der Waals surface area (Å²) >= 11 is 5.19. The van der Waals surface area contributed by atoms with Crippen LogP contribution in [0.25, 0.3) is 0 Å². The predicted octanol–water partition coefficient (Wildman–Crippen LogP) is 2.48. The predicted molar refractivity (Wildman–Crippen MR) is 60.5 cm³/mol. The maximum atomic E-state index is 5.10. The SMILES string of the molecule is COCc1sc(C2CCCN2)nc1Br. The van der Waals surface area contributed by atoms with Gasteiger partial charge in [0, 0.05) is 7.11 Å². The van der Waals surface area contributed by atoms with Gasteiger partial charge in [-0.2, -0.15) is 0 Å². The second-order valence-electron chi connectivity index (χ2n) is 3.35. The third-order valence-corrected chi connectivity index (χ3v) is 4.36. The monoisotopic (exact) mass is 276 g/mol. The van der Waals surface area contributed by atoms with Crippen molar-refractivity contribution in [2.24, 2.45) is 0 Å². The lowest BCUT2D eigenvalue weighted by atomic mass is 10.2. The van der Waals surface area contributed by atoms with E-state index in [1.165, 1.54) is 22.7 Å². The van der Waals surface area contributed by atoms with Crippen LogP contribution in [0.15, 0.2) is 4.60 Å². The Morgan fingerprint density at radius 1 is 1.71 bits per heavy atom. The van der Waals surface area contributed by atoms with Crippen LogP contribution in [0.3, 0.4) is 0 Å². The van der Waals surface area contributed by atoms with Crippen molar-refractivity contribution in [3.63, 3.8) is 0 Å². The first-order valence-electron chi connectivity index (χ1n) is 4.68. The zero-order chi connectivity index (χ0) is 9.97. The molecule has 0 aliphatic carbocycles. The van der Waals surface area contributed by atoms with E-state index in [9.17, 15) is 0 Å². The fraction of sp³-hybridized carbons (Fsp3) is 0.667. The van der Waals surface area contributed by atoms with Crippen LogP contribution in [0.4, 0.5) is 0 Å². The number of aromatic nitrogens is 1. The van der Waals surface area contributed by atoms with Crippen molar-refractivity contribution < 1.29 is 4.74 Å². The van der Waals surface area contributed by atoms with Crippen LogP contribution in [0.2, 0.25) is 0 Å². The average molecular weight is 277 g/mol. The molecule has 0 spiro atoms. The molecule has 1 aromatic rings. The minimum Gasteiger partial charge on any atom is -0.379 e. The average Bonchev–Trinajstić information content (AvgIpc) is 2.76. The first kappa shape index (κ1) is 10.5. The van der Waals surface area contributed by atoms with Crippen LogP contribution in [-0.4, -0.2) is 18.6 Å². The van der Waals surface area contributed by atoms with Crippen LogP contribution >= 0.6 is 27.3 Å². The van der Waals surface area contributed by atoms with E-state index in [0.29, 0.717) is 12.6 Å². The minimum atomic E-state index is 0.460. The number of rotatable bonds is 3. The summed E-state index contributed by atoms with van der Waals surface area (Å²) in [6.45, 7) is 1.76. The molecule has 1 N–H and O–H groups in total. The quantitative estimate of drug-likeness (QED) is 0.921. The van der Waals surface area contributed by atoms with Crippen LogP contribution in [-0.2, 0) is 11.3 Å². The standard InChI is InChI=1S/C9H13BrN2OS/c1-13-5-7-8(10)12-9(14-7)6-3-2-4-11-6/h6,11H,2-5H2,1H3. The van der Waals surface area contributed by atoms with Crippen LogP contribution in [0.5, 0.6) is 0 Å². The van der Waals surface area contributed by atoms with Crippen molar-refractivity contribution in [2.45, 2.75) is 25.5 Å². The second kappa shape index (κ2) is 4.70. The number of halogens is 1. The molecule has 1 atom stereocenters. The van der Waals surface area contributed by atoms with Crippen LogP contribution in [0.1, 0.15) is 28.8 Å². The van der Waals surface area contributed by atoms with E-state index >= 15 is 0 Å². The van der Waals surface area contributed by atoms with Crippen molar-refractivity contribution in [3.05, 3.63) is 14.5 Å². The normalized spacial score (nSPS) is 21.7. The van der Waals surface area contributed by atoms with Gasteiger partial charge in [0.15, 0.2) is 0 Å². The Bertz CT molecular complexity index is 310. The summed E-state index contributed by atoms with van der Waals surface area (Å²) in [7, 11) is 1.71. The van der Waals surface area contributed by atoms with E-state index in [0.717, 1.165) is 11.1 Å². The molecule has 1 aliphatic heterocycles. The van der Waals surface area contributed by atoms with Crippen molar-refractivity contribution in [1.82, 2.24) is 10.3 Å². The Balaban J connectivity index is 2.14. The Kier molecular flexibility index (Phi) is 3.54. The van der Waals surface area contributed by atoms with Crippen LogP contribution in [0, 0.1) is 0 Å². The molecule has 1 aliphatic rings. The maximum Gasteiger partial charge on any atom is 0.122 e. The molecule has 5 heteroatoms. The Hall–Kier alpha value is 0.0300. The molecule has 0 aromatic carbocycles. The second-order valence-corrected chi connectivity index (χ2v) is 5.21. The number of hydrogen-bond donors (Lipinski definition) is 1. The van der Waals surface area contributed by atoms with Gasteiger partial charge < -0.3 is 10.1 Å². The van der Waals surface area contributed by atoms with Gasteiger partial charge in [-0.25, -0.2) is 4.98 Å². The third-order valence-electron chi connectivity index (χ3n) is 2.30. The summed E-state index contributed by atoms with van der Waals surface area (Å²) < 4.78 is 6.04. The number of hydrogen-bond acceptors (Lipinski definition) is 4. The zero-order valence-electron chi connectivity index (χ0n) is 8.05. The largest absolute Gasteiger partial charge is 0.379 e. The third kappa shape index (κ3) is 2.16. The molecule has 0 bridgehead atoms. The van der Waals surface area contributed by atoms with Gasteiger partial charge in [0.05, 0.1) is 17.5 Å². The molecular formula is C9H13BrN2OS. The summed E-state index contributed by atoms with van der Waals surface area (Å²) in [5.74, 6) is 0. The molecule has 0 saturated carbocycles. The lowest BCUT2D eigenvalue weighted by Crippen LogP contribution is -2.12. The van der Waals surface area contributed by atoms with E-state index in [-0.39, 0.29) is 0 Å². The molecule has 1 saturated heterocycles. The number of thiazole rings is 1. The Morgan fingerprint density at radius 2 is 2.57 bits per heavy atom. The smallest absolute Gasteiger partial charge is 0.122 e. The molecule has 78 valence electrons. The van der Waals surface area contributed by atoms with Gasteiger partial charge in [-0.1, -0.05) is 0 Å². The van der Waals surface area contributed by atoms with E-state index in [2.05, 4.69) is 26.2 Å². The minimum absolute atomic E-state index is 0.460. The van der Waals surface area contributed by atoms with Crippen molar-refractivity contribution >= 4 is 27.3 Å². The highest BCUT2D eigenvalue weighted by atomic mass is 79.9. The molecule has 1 fully saturated rings. The Morgan fingerprint density at radius 3 is 3.21 bits per heavy atom. The maximum absolute atomic E-state index is 5.10. The lowest BCUT2D eigenvalue weighted by molar-refractivity contribution is 0.187. The molecule has 0 radical (unpaired) electrons. The summed E-state index contributed by atoms with van der Waals surface area (Å²) in [5, 5.41) is 4.62. The van der Waals surface area contributed by atoms with Gasteiger partial charge in [0.1, 0.15) is 9.61 Å². The highest BCUT2D eigenvalue weighted by Crippen LogP contribution is 2.31. The fourth-order valence-corrected chi connectivity index (χ4v) is 3.32. The van der Waals surface area contributed by atoms with Gasteiger partial charge in [-0.3, -0.25) is 0 Å². The van der Waals surface area contributed by atoms with Gasteiger partial charge in [-0.05, 0) is 35.3 Å². The molecule has 3 nitrogen and oxygen atoms in total. The molecule has 14 heavy (non-hydrogen) atoms. The van der Waals surface area contributed by atoms with Crippen LogP contribution < -0.4 is 5.32 Å². The zero-order valence-corrected chi connectivity index (χ0v) is 10.4. The van der Waals surface area contributed by atoms with E-state index in [1.807, 2.05) is 0 Å². The van der Waals surface area contributed by atoms with Crippen molar-refractivity contribution in [3.8, 4) is 0 Å². The molecule has 1 aromatic heterocycles. The number of ether oxygens (including phenoxy) is 1. The van der Waals surface area contributed by atoms with Crippen molar-refractivity contribution in [1.29, 1.82) is 0 Å². The van der Waals surface area contributed by atoms with Gasteiger partial charge in [0.2, 0.25) is 0 Å². The molecular weight excluding hydrogens is 264 g/mol. The Labute approximate surface area is 96.0 Å². The summed E-state index contributed by atoms with van der Waals surface area (Å²) in [4.78, 5) is 5.68. The number of nitrogens with one attached hydrogen (secondary N) is 1. The van der Waals surface area contributed by atoms with E-state index < -0.39 is 0 Å². The van der Waals surface area contributed by atoms with Gasteiger partial charge in [-0.15, -0.1) is 11.3 Å². The molecule has 2 rings (SSSR count). The van der Waals surface area contributed by atoms with Gasteiger partial charge in [0.25, 0.3) is 0 Å². The lowest BCUT2D eigenvalue weighted by Gasteiger charge is -2.03. The fourth-order valence-electron chi connectivity index (χ4n) is 1.61. The van der Waals surface area contributed by atoms with E-state index in [4.69, 9.17) is 4.74 Å². The molecule has 2 heterocycles. The number of nitrogens with zero attached hydrogens (tertiary/aromatic N) is 1. The van der Waals surface area contributed by atoms with Crippen molar-refractivity contribution in [2.75, 3.05) is 13.7 Å². The molecule has 0 amide bonds. The number of methoxy groups -OCH3 is 1. The highest BCUT2D eigenvalue weighted by molar-refractivity contribution is 9.10. The summed E-state index contributed by atoms with van der Waals surface area (Å²) in [6, 6.07) is 0.460. The molecule has 1 unspecified atom stereocenters. The summed E-state index contributed by atoms with van der Waals surface area (Å²) in [5.41, 5.74) is 0. The highest BCUT2D eigenvalue weighted by Gasteiger charge is 2.21. The topological polar surface area (TPSA) is 34.1 Å².